The number of nitrogen functional groups attached to an aromatic ring is 1. The molecule has 1 amide bonds. The average molecular weight is 256 g/mol. The Balaban J connectivity index is 2.00. The van der Waals surface area contributed by atoms with Gasteiger partial charge < -0.3 is 20.5 Å². The Morgan fingerprint density at radius 1 is 1.50 bits per heavy atom. The van der Waals surface area contributed by atoms with E-state index in [0.717, 1.165) is 6.42 Å². The molecule has 1 aromatic heterocycles. The fourth-order valence-electron chi connectivity index (χ4n) is 1.32. The molecule has 102 valence electrons. The molecular formula is C11H20N4O3. The predicted octanol–water partition coefficient (Wildman–Crippen LogP) is -0.365. The van der Waals surface area contributed by atoms with Gasteiger partial charge in [0.05, 0.1) is 25.1 Å². The standard InChI is InChI=1S/C11H20N4O3/c1-17-5-6-18-4-2-3-13-11(16)9-15-8-10(12)7-14-15/h7-8H,2-6,9,12H2,1H3,(H,13,16). The number of methoxy groups -OCH3 is 1. The molecular weight excluding hydrogens is 236 g/mol. The second-order valence-corrected chi connectivity index (χ2v) is 3.78. The zero-order chi connectivity index (χ0) is 13.2. The quantitative estimate of drug-likeness (QED) is 0.588. The van der Waals surface area contributed by atoms with Gasteiger partial charge in [-0.15, -0.1) is 0 Å². The first-order valence-electron chi connectivity index (χ1n) is 5.83. The molecule has 0 unspecified atom stereocenters. The van der Waals surface area contributed by atoms with Crippen LogP contribution in [0.25, 0.3) is 0 Å². The average Bonchev–Trinajstić information content (AvgIpc) is 2.73. The van der Waals surface area contributed by atoms with Crippen molar-refractivity contribution in [3.63, 3.8) is 0 Å². The molecule has 1 aromatic rings. The number of nitrogens with one attached hydrogen (secondary N) is 1. The first kappa shape index (κ1) is 14.5. The number of amides is 1. The van der Waals surface area contributed by atoms with Crippen LogP contribution in [0.2, 0.25) is 0 Å². The maximum Gasteiger partial charge on any atom is 0.241 e. The number of nitrogens with zero attached hydrogens (tertiary/aromatic N) is 2. The van der Waals surface area contributed by atoms with E-state index in [1.165, 1.54) is 10.9 Å². The summed E-state index contributed by atoms with van der Waals surface area (Å²) >= 11 is 0. The highest BCUT2D eigenvalue weighted by atomic mass is 16.5. The summed E-state index contributed by atoms with van der Waals surface area (Å²) in [7, 11) is 1.63. The van der Waals surface area contributed by atoms with E-state index >= 15 is 0 Å². The van der Waals surface area contributed by atoms with Crippen LogP contribution in [0, 0.1) is 0 Å². The predicted molar refractivity (Wildman–Crippen MR) is 67.0 cm³/mol. The van der Waals surface area contributed by atoms with Crippen molar-refractivity contribution in [2.75, 3.05) is 39.2 Å². The van der Waals surface area contributed by atoms with E-state index in [2.05, 4.69) is 10.4 Å². The number of anilines is 1. The molecule has 0 bridgehead atoms. The summed E-state index contributed by atoms with van der Waals surface area (Å²) < 4.78 is 11.6. The molecule has 18 heavy (non-hydrogen) atoms. The summed E-state index contributed by atoms with van der Waals surface area (Å²) in [5, 5.41) is 6.71. The third kappa shape index (κ3) is 6.21. The van der Waals surface area contributed by atoms with Crippen molar-refractivity contribution in [3.8, 4) is 0 Å². The van der Waals surface area contributed by atoms with Crippen LogP contribution in [0.15, 0.2) is 12.4 Å². The number of hydrogen-bond acceptors (Lipinski definition) is 5. The van der Waals surface area contributed by atoms with Crippen LogP contribution in [0.1, 0.15) is 6.42 Å². The molecule has 0 aliphatic rings. The molecule has 0 fully saturated rings. The fraction of sp³-hybridized carbons (Fsp3) is 0.636. The van der Waals surface area contributed by atoms with Crippen molar-refractivity contribution < 1.29 is 14.3 Å². The highest BCUT2D eigenvalue weighted by Crippen LogP contribution is 1.96. The van der Waals surface area contributed by atoms with Crippen LogP contribution in [-0.4, -0.2) is 49.2 Å². The summed E-state index contributed by atoms with van der Waals surface area (Å²) in [4.78, 5) is 11.5. The number of nitrogens with two attached hydrogens (primary N) is 1. The minimum Gasteiger partial charge on any atom is -0.396 e. The molecule has 0 aliphatic heterocycles. The van der Waals surface area contributed by atoms with Crippen LogP contribution in [0.4, 0.5) is 5.69 Å². The smallest absolute Gasteiger partial charge is 0.241 e. The SMILES string of the molecule is COCCOCCCNC(=O)Cn1cc(N)cn1. The minimum absolute atomic E-state index is 0.0880. The first-order chi connectivity index (χ1) is 8.72. The Morgan fingerprint density at radius 2 is 2.33 bits per heavy atom. The van der Waals surface area contributed by atoms with Crippen molar-refractivity contribution in [1.29, 1.82) is 0 Å². The summed E-state index contributed by atoms with van der Waals surface area (Å²) in [5.74, 6) is -0.0880. The normalized spacial score (nSPS) is 10.5. The van der Waals surface area contributed by atoms with Gasteiger partial charge in [0, 0.05) is 26.5 Å². The number of carbonyl (C=O) groups excluding carboxylic acids is 1. The third-order valence-corrected chi connectivity index (χ3v) is 2.18. The molecule has 0 saturated heterocycles. The maximum absolute atomic E-state index is 11.5. The summed E-state index contributed by atoms with van der Waals surface area (Å²) in [6.07, 6.45) is 3.90. The topological polar surface area (TPSA) is 91.4 Å². The van der Waals surface area contributed by atoms with Crippen molar-refractivity contribution in [2.24, 2.45) is 0 Å². The molecule has 7 heteroatoms. The molecule has 3 N–H and O–H groups in total. The maximum atomic E-state index is 11.5. The zero-order valence-corrected chi connectivity index (χ0v) is 10.6. The Labute approximate surface area is 106 Å². The number of ether oxygens (including phenoxy) is 2. The van der Waals surface area contributed by atoms with E-state index in [9.17, 15) is 4.79 Å². The van der Waals surface area contributed by atoms with Gasteiger partial charge in [0.25, 0.3) is 0 Å². The number of aromatic nitrogens is 2. The van der Waals surface area contributed by atoms with E-state index in [4.69, 9.17) is 15.2 Å². The summed E-state index contributed by atoms with van der Waals surface area (Å²) in [6, 6.07) is 0. The van der Waals surface area contributed by atoms with E-state index < -0.39 is 0 Å². The van der Waals surface area contributed by atoms with Gasteiger partial charge in [-0.3, -0.25) is 9.48 Å². The Kier molecular flexibility index (Phi) is 6.82. The van der Waals surface area contributed by atoms with Crippen molar-refractivity contribution >= 4 is 11.6 Å². The Hall–Kier alpha value is -1.60. The fourth-order valence-corrected chi connectivity index (χ4v) is 1.32. The second kappa shape index (κ2) is 8.48. The van der Waals surface area contributed by atoms with Gasteiger partial charge in [-0.05, 0) is 6.42 Å². The molecule has 0 spiro atoms. The largest absolute Gasteiger partial charge is 0.396 e. The van der Waals surface area contributed by atoms with E-state index in [1.807, 2.05) is 0 Å². The lowest BCUT2D eigenvalue weighted by molar-refractivity contribution is -0.121. The number of rotatable bonds is 9. The summed E-state index contributed by atoms with van der Waals surface area (Å²) in [5.41, 5.74) is 6.04. The van der Waals surface area contributed by atoms with Gasteiger partial charge in [-0.2, -0.15) is 5.10 Å². The molecule has 1 heterocycles. The molecule has 0 aliphatic carbocycles. The zero-order valence-electron chi connectivity index (χ0n) is 10.6. The Morgan fingerprint density at radius 3 is 3.00 bits per heavy atom. The molecule has 7 nitrogen and oxygen atoms in total. The lowest BCUT2D eigenvalue weighted by Crippen LogP contribution is -2.29. The van der Waals surface area contributed by atoms with Crippen LogP contribution in [-0.2, 0) is 20.8 Å². The van der Waals surface area contributed by atoms with Crippen LogP contribution in [0.5, 0.6) is 0 Å². The van der Waals surface area contributed by atoms with Gasteiger partial charge in [0.15, 0.2) is 0 Å². The lowest BCUT2D eigenvalue weighted by Gasteiger charge is -2.06. The van der Waals surface area contributed by atoms with Crippen molar-refractivity contribution in [3.05, 3.63) is 12.4 Å². The summed E-state index contributed by atoms with van der Waals surface area (Å²) in [6.45, 7) is 2.55. The van der Waals surface area contributed by atoms with Gasteiger partial charge in [0.2, 0.25) is 5.91 Å². The first-order valence-corrected chi connectivity index (χ1v) is 5.83. The number of hydrogen-bond donors (Lipinski definition) is 2. The van der Waals surface area contributed by atoms with E-state index in [1.54, 1.807) is 13.3 Å². The molecule has 0 radical (unpaired) electrons. The van der Waals surface area contributed by atoms with Gasteiger partial charge in [-0.1, -0.05) is 0 Å². The highest BCUT2D eigenvalue weighted by molar-refractivity contribution is 5.75. The van der Waals surface area contributed by atoms with Crippen molar-refractivity contribution in [2.45, 2.75) is 13.0 Å². The third-order valence-electron chi connectivity index (χ3n) is 2.18. The minimum atomic E-state index is -0.0880. The van der Waals surface area contributed by atoms with Crippen molar-refractivity contribution in [1.82, 2.24) is 15.1 Å². The molecule has 0 atom stereocenters. The van der Waals surface area contributed by atoms with Gasteiger partial charge >= 0.3 is 0 Å². The van der Waals surface area contributed by atoms with Gasteiger partial charge in [0.1, 0.15) is 6.54 Å². The van der Waals surface area contributed by atoms with Gasteiger partial charge in [-0.25, -0.2) is 0 Å². The lowest BCUT2D eigenvalue weighted by atomic mass is 10.4. The van der Waals surface area contributed by atoms with Crippen LogP contribution < -0.4 is 11.1 Å². The molecule has 0 saturated carbocycles. The highest BCUT2D eigenvalue weighted by Gasteiger charge is 2.02. The van der Waals surface area contributed by atoms with Crippen LogP contribution >= 0.6 is 0 Å². The monoisotopic (exact) mass is 256 g/mol. The molecule has 1 rings (SSSR count). The van der Waals surface area contributed by atoms with E-state index in [-0.39, 0.29) is 12.5 Å². The van der Waals surface area contributed by atoms with E-state index in [0.29, 0.717) is 32.1 Å². The number of carbonyl (C=O) groups is 1. The second-order valence-electron chi connectivity index (χ2n) is 3.78. The molecule has 0 aromatic carbocycles. The Bertz CT molecular complexity index is 354. The van der Waals surface area contributed by atoms with Crippen LogP contribution in [0.3, 0.4) is 0 Å².